The fourth-order valence-electron chi connectivity index (χ4n) is 1.08. The lowest BCUT2D eigenvalue weighted by molar-refractivity contribution is 0.639. The van der Waals surface area contributed by atoms with Crippen LogP contribution in [0.25, 0.3) is 0 Å². The number of hydrogen-bond donors (Lipinski definition) is 0. The van der Waals surface area contributed by atoms with Crippen LogP contribution in [0.5, 0.6) is 0 Å². The van der Waals surface area contributed by atoms with Gasteiger partial charge in [-0.3, -0.25) is 0 Å². The van der Waals surface area contributed by atoms with Crippen LogP contribution in [-0.2, 0) is 0 Å². The molecule has 0 rings (SSSR count). The Morgan fingerprint density at radius 3 is 2.27 bits per heavy atom. The molecule has 0 aromatic carbocycles. The van der Waals surface area contributed by atoms with Crippen LogP contribution in [0.4, 0.5) is 0 Å². The van der Waals surface area contributed by atoms with Crippen LogP contribution in [0.15, 0.2) is 12.2 Å². The van der Waals surface area contributed by atoms with Gasteiger partial charge in [-0.2, -0.15) is 0 Å². The van der Waals surface area contributed by atoms with Gasteiger partial charge < -0.3 is 0 Å². The Morgan fingerprint density at radius 1 is 1.09 bits per heavy atom. The number of hydrogen-bond acceptors (Lipinski definition) is 0. The fraction of sp³-hybridized carbons (Fsp3) is 0.727. The van der Waals surface area contributed by atoms with Gasteiger partial charge in [-0.05, 0) is 19.3 Å². The molecule has 1 radical (unpaired) electrons. The van der Waals surface area contributed by atoms with Crippen LogP contribution < -0.4 is 0 Å². The summed E-state index contributed by atoms with van der Waals surface area (Å²) in [5, 5.41) is 0. The monoisotopic (exact) mass is 153 g/mol. The molecule has 0 nitrogen and oxygen atoms in total. The van der Waals surface area contributed by atoms with Crippen molar-refractivity contribution < 1.29 is 0 Å². The molecule has 0 amide bonds. The van der Waals surface area contributed by atoms with Crippen molar-refractivity contribution in [3.05, 3.63) is 19.1 Å². The van der Waals surface area contributed by atoms with Gasteiger partial charge in [-0.25, -0.2) is 0 Å². The van der Waals surface area contributed by atoms with Gasteiger partial charge in [0.1, 0.15) is 0 Å². The molecule has 0 aliphatic carbocycles. The first-order valence-electron chi connectivity index (χ1n) is 4.77. The molecule has 0 aromatic rings. The van der Waals surface area contributed by atoms with E-state index in [4.69, 9.17) is 0 Å². The van der Waals surface area contributed by atoms with E-state index < -0.39 is 0 Å². The Balaban J connectivity index is 2.95. The van der Waals surface area contributed by atoms with Gasteiger partial charge in [0.15, 0.2) is 0 Å². The summed E-state index contributed by atoms with van der Waals surface area (Å²) in [4.78, 5) is 0. The van der Waals surface area contributed by atoms with Crippen LogP contribution in [0, 0.1) is 6.92 Å². The SMILES string of the molecule is [CH2]CCCCCCC(=C)CC. The van der Waals surface area contributed by atoms with Gasteiger partial charge in [0, 0.05) is 0 Å². The molecule has 0 aliphatic rings. The van der Waals surface area contributed by atoms with Crippen molar-refractivity contribution in [2.45, 2.75) is 51.9 Å². The molecule has 0 saturated heterocycles. The minimum absolute atomic E-state index is 1.09. The molecule has 0 unspecified atom stereocenters. The first-order chi connectivity index (χ1) is 5.31. The van der Waals surface area contributed by atoms with Gasteiger partial charge in [-0.15, -0.1) is 0 Å². The van der Waals surface area contributed by atoms with Crippen LogP contribution in [0.3, 0.4) is 0 Å². The van der Waals surface area contributed by atoms with Gasteiger partial charge in [0.2, 0.25) is 0 Å². The second-order valence-electron chi connectivity index (χ2n) is 3.12. The molecule has 0 atom stereocenters. The Labute approximate surface area is 71.7 Å². The van der Waals surface area contributed by atoms with Crippen molar-refractivity contribution >= 4 is 0 Å². The largest absolute Gasteiger partial charge is 0.0999 e. The summed E-state index contributed by atoms with van der Waals surface area (Å²) in [6.45, 7) is 9.97. The first-order valence-corrected chi connectivity index (χ1v) is 4.77. The van der Waals surface area contributed by atoms with Crippen LogP contribution in [-0.4, -0.2) is 0 Å². The minimum atomic E-state index is 1.09. The maximum atomic E-state index is 3.98. The summed E-state index contributed by atoms with van der Waals surface area (Å²) in [5.41, 5.74) is 1.40. The van der Waals surface area contributed by atoms with Crippen LogP contribution in [0.1, 0.15) is 51.9 Å². The number of allylic oxidation sites excluding steroid dienone is 1. The van der Waals surface area contributed by atoms with Crippen molar-refractivity contribution in [1.82, 2.24) is 0 Å². The maximum absolute atomic E-state index is 3.98. The maximum Gasteiger partial charge on any atom is -0.0323 e. The summed E-state index contributed by atoms with van der Waals surface area (Å²) in [6.07, 6.45) is 8.79. The molecule has 0 saturated carbocycles. The average molecular weight is 153 g/mol. The molecule has 0 heteroatoms. The number of rotatable bonds is 7. The summed E-state index contributed by atoms with van der Waals surface area (Å²) in [7, 11) is 0. The summed E-state index contributed by atoms with van der Waals surface area (Å²) >= 11 is 0. The van der Waals surface area contributed by atoms with Gasteiger partial charge in [-0.1, -0.05) is 51.7 Å². The summed E-state index contributed by atoms with van der Waals surface area (Å²) < 4.78 is 0. The van der Waals surface area contributed by atoms with Crippen LogP contribution in [0.2, 0.25) is 0 Å². The molecule has 0 aliphatic heterocycles. The van der Waals surface area contributed by atoms with E-state index in [-0.39, 0.29) is 0 Å². The average Bonchev–Trinajstić information content (AvgIpc) is 2.04. The van der Waals surface area contributed by atoms with E-state index in [0.29, 0.717) is 0 Å². The van der Waals surface area contributed by atoms with E-state index in [0.717, 1.165) is 12.8 Å². The Morgan fingerprint density at radius 2 is 1.73 bits per heavy atom. The molecule has 0 fully saturated rings. The Kier molecular flexibility index (Phi) is 7.66. The lowest BCUT2D eigenvalue weighted by Gasteiger charge is -2.01. The third-order valence-electron chi connectivity index (χ3n) is 2.03. The zero-order valence-corrected chi connectivity index (χ0v) is 7.86. The minimum Gasteiger partial charge on any atom is -0.0999 e. The molecule has 11 heavy (non-hydrogen) atoms. The lowest BCUT2D eigenvalue weighted by Crippen LogP contribution is -1.81. The second-order valence-corrected chi connectivity index (χ2v) is 3.12. The van der Waals surface area contributed by atoms with E-state index in [2.05, 4.69) is 20.4 Å². The lowest BCUT2D eigenvalue weighted by atomic mass is 10.1. The molecule has 0 aromatic heterocycles. The predicted molar refractivity (Wildman–Crippen MR) is 52.5 cm³/mol. The fourth-order valence-corrected chi connectivity index (χ4v) is 1.08. The third-order valence-corrected chi connectivity index (χ3v) is 2.03. The Hall–Kier alpha value is -0.260. The van der Waals surface area contributed by atoms with Crippen molar-refractivity contribution in [3.8, 4) is 0 Å². The molecule has 0 spiro atoms. The molecule has 0 bridgehead atoms. The molecular formula is C11H21. The smallest absolute Gasteiger partial charge is 0.0323 e. The second kappa shape index (κ2) is 7.84. The molecule has 0 heterocycles. The standard InChI is InChI=1S/C11H21/c1-4-6-7-8-9-10-11(3)5-2/h1,3-10H2,2H3. The zero-order chi connectivity index (χ0) is 8.53. The Bertz CT molecular complexity index is 92.2. The quantitative estimate of drug-likeness (QED) is 0.381. The third kappa shape index (κ3) is 7.64. The van der Waals surface area contributed by atoms with E-state index in [1.165, 1.54) is 37.7 Å². The van der Waals surface area contributed by atoms with Crippen molar-refractivity contribution in [2.75, 3.05) is 0 Å². The van der Waals surface area contributed by atoms with E-state index in [1.807, 2.05) is 0 Å². The highest BCUT2D eigenvalue weighted by Crippen LogP contribution is 2.11. The van der Waals surface area contributed by atoms with E-state index >= 15 is 0 Å². The van der Waals surface area contributed by atoms with E-state index in [1.54, 1.807) is 0 Å². The highest BCUT2D eigenvalue weighted by Gasteiger charge is 1.91. The first kappa shape index (κ1) is 10.7. The highest BCUT2D eigenvalue weighted by atomic mass is 14.0. The molecule has 0 N–H and O–H groups in total. The predicted octanol–water partition coefficient (Wildman–Crippen LogP) is 4.13. The van der Waals surface area contributed by atoms with Crippen LogP contribution >= 0.6 is 0 Å². The normalized spacial score (nSPS) is 10.0. The highest BCUT2D eigenvalue weighted by molar-refractivity contribution is 4.91. The van der Waals surface area contributed by atoms with Crippen molar-refractivity contribution in [3.63, 3.8) is 0 Å². The van der Waals surface area contributed by atoms with Crippen molar-refractivity contribution in [2.24, 2.45) is 0 Å². The summed E-state index contributed by atoms with van der Waals surface area (Å²) in [5.74, 6) is 0. The van der Waals surface area contributed by atoms with Gasteiger partial charge in [0.25, 0.3) is 0 Å². The van der Waals surface area contributed by atoms with Gasteiger partial charge in [0.05, 0.1) is 0 Å². The topological polar surface area (TPSA) is 0 Å². The van der Waals surface area contributed by atoms with E-state index in [9.17, 15) is 0 Å². The number of unbranched alkanes of at least 4 members (excludes halogenated alkanes) is 4. The molecular weight excluding hydrogens is 132 g/mol. The van der Waals surface area contributed by atoms with Gasteiger partial charge >= 0.3 is 0 Å². The zero-order valence-electron chi connectivity index (χ0n) is 7.86. The summed E-state index contributed by atoms with van der Waals surface area (Å²) in [6, 6.07) is 0. The molecule has 65 valence electrons. The van der Waals surface area contributed by atoms with Crippen molar-refractivity contribution in [1.29, 1.82) is 0 Å².